The number of halogens is 1. The van der Waals surface area contributed by atoms with Crippen molar-refractivity contribution < 1.29 is 58.5 Å². The van der Waals surface area contributed by atoms with Gasteiger partial charge in [-0.25, -0.2) is 4.98 Å². The summed E-state index contributed by atoms with van der Waals surface area (Å²) in [7, 11) is 1.55. The van der Waals surface area contributed by atoms with Crippen LogP contribution in [0.2, 0.25) is 5.02 Å². The predicted molar refractivity (Wildman–Crippen MR) is 138 cm³/mol. The Labute approximate surface area is 252 Å². The molecule has 1 aliphatic heterocycles. The minimum absolute atomic E-state index is 0. The number of carbonyl (C=O) groups excluding carboxylic acids is 2. The molecule has 4 aromatic rings. The summed E-state index contributed by atoms with van der Waals surface area (Å²) in [4.78, 5) is 33.2. The topological polar surface area (TPSA) is 111 Å². The van der Waals surface area contributed by atoms with Crippen molar-refractivity contribution in [1.82, 2.24) is 9.97 Å². The van der Waals surface area contributed by atoms with E-state index in [9.17, 15) is 14.7 Å². The van der Waals surface area contributed by atoms with Crippen molar-refractivity contribution in [1.29, 1.82) is 0 Å². The molecule has 0 spiro atoms. The number of carboxylic acids is 1. The molecule has 192 valence electrons. The van der Waals surface area contributed by atoms with Gasteiger partial charge in [-0.05, 0) is 55.0 Å². The van der Waals surface area contributed by atoms with Gasteiger partial charge in [0.05, 0.1) is 30.9 Å². The van der Waals surface area contributed by atoms with Crippen LogP contribution in [-0.4, -0.2) is 35.4 Å². The summed E-state index contributed by atoms with van der Waals surface area (Å²) < 4.78 is 16.6. The van der Waals surface area contributed by atoms with E-state index >= 15 is 0 Å². The molecular formula is C29H22ClN2NaO6. The second kappa shape index (κ2) is 12.6. The average molecular weight is 553 g/mol. The summed E-state index contributed by atoms with van der Waals surface area (Å²) in [5, 5.41) is 11.7. The van der Waals surface area contributed by atoms with Gasteiger partial charge in [0.15, 0.2) is 5.78 Å². The van der Waals surface area contributed by atoms with Crippen LogP contribution in [0.5, 0.6) is 23.1 Å². The molecule has 0 bridgehead atoms. The second-order valence-corrected chi connectivity index (χ2v) is 9.07. The number of Topliss-reactive ketones (excluding diaryl/α,β-unsaturated/α-hetero) is 1. The Balaban J connectivity index is 0.00000353. The van der Waals surface area contributed by atoms with E-state index in [1.807, 2.05) is 18.2 Å². The number of carbonyl (C=O) groups is 2. The van der Waals surface area contributed by atoms with Crippen LogP contribution in [0.25, 0.3) is 11.3 Å². The fourth-order valence-corrected chi connectivity index (χ4v) is 4.42. The number of pyridine rings is 2. The van der Waals surface area contributed by atoms with Crippen LogP contribution in [0.15, 0.2) is 72.9 Å². The summed E-state index contributed by atoms with van der Waals surface area (Å²) in [6.45, 7) is 0.262. The van der Waals surface area contributed by atoms with E-state index in [1.54, 1.807) is 55.8 Å². The number of benzene rings is 2. The number of aliphatic carboxylic acids is 1. The van der Waals surface area contributed by atoms with Gasteiger partial charge in [0.1, 0.15) is 17.2 Å². The summed E-state index contributed by atoms with van der Waals surface area (Å²) in [6, 6.07) is 18.9. The van der Waals surface area contributed by atoms with E-state index in [0.29, 0.717) is 52.1 Å². The molecular weight excluding hydrogens is 531 g/mol. The van der Waals surface area contributed by atoms with Gasteiger partial charge in [-0.1, -0.05) is 17.7 Å². The number of hydrogen-bond acceptors (Lipinski definition) is 8. The van der Waals surface area contributed by atoms with E-state index in [-0.39, 0.29) is 53.4 Å². The molecule has 2 aromatic carbocycles. The third-order valence-electron chi connectivity index (χ3n) is 6.18. The summed E-state index contributed by atoms with van der Waals surface area (Å²) in [5.41, 5.74) is 3.15. The molecule has 1 atom stereocenters. The van der Waals surface area contributed by atoms with E-state index in [1.165, 1.54) is 6.07 Å². The van der Waals surface area contributed by atoms with Crippen LogP contribution >= 0.6 is 11.6 Å². The zero-order valence-corrected chi connectivity index (χ0v) is 24.1. The molecule has 0 radical (unpaired) electrons. The number of fused-ring (bicyclic) bond motifs is 1. The number of methoxy groups -OCH3 is 1. The Morgan fingerprint density at radius 2 is 1.90 bits per heavy atom. The van der Waals surface area contributed by atoms with Gasteiger partial charge in [0.25, 0.3) is 0 Å². The van der Waals surface area contributed by atoms with Crippen LogP contribution < -0.4 is 48.9 Å². The first-order chi connectivity index (χ1) is 18.4. The number of nitrogens with zero attached hydrogens (tertiary/aromatic N) is 2. The monoisotopic (exact) mass is 552 g/mol. The van der Waals surface area contributed by atoms with Crippen LogP contribution in [-0.2, 0) is 11.2 Å². The average Bonchev–Trinajstić information content (AvgIpc) is 2.93. The van der Waals surface area contributed by atoms with Gasteiger partial charge in [-0.2, -0.15) is 0 Å². The maximum atomic E-state index is 12.9. The first kappa shape index (κ1) is 28.6. The Bertz CT molecular complexity index is 1500. The number of rotatable bonds is 8. The molecule has 0 N–H and O–H groups in total. The summed E-state index contributed by atoms with van der Waals surface area (Å²) in [5.74, 6) is -0.350. The Morgan fingerprint density at radius 1 is 1.10 bits per heavy atom. The maximum absolute atomic E-state index is 12.9. The van der Waals surface area contributed by atoms with Gasteiger partial charge < -0.3 is 24.1 Å². The van der Waals surface area contributed by atoms with Crippen molar-refractivity contribution >= 4 is 23.4 Å². The number of ether oxygens (including phenoxy) is 3. The number of ketones is 1. The fraction of sp³-hybridized carbons (Fsp3) is 0.172. The normalized spacial score (nSPS) is 13.8. The summed E-state index contributed by atoms with van der Waals surface area (Å²) >= 11 is 6.36. The maximum Gasteiger partial charge on any atom is 1.00 e. The van der Waals surface area contributed by atoms with Crippen molar-refractivity contribution in [2.24, 2.45) is 0 Å². The Morgan fingerprint density at radius 3 is 2.59 bits per heavy atom. The van der Waals surface area contributed by atoms with Gasteiger partial charge in [-0.3, -0.25) is 9.78 Å². The van der Waals surface area contributed by atoms with Gasteiger partial charge in [0, 0.05) is 52.6 Å². The molecule has 3 heterocycles. The third-order valence-corrected chi connectivity index (χ3v) is 6.48. The Hall–Kier alpha value is -3.43. The van der Waals surface area contributed by atoms with E-state index in [2.05, 4.69) is 9.97 Å². The molecule has 0 saturated heterocycles. The van der Waals surface area contributed by atoms with E-state index in [0.717, 1.165) is 5.56 Å². The quantitative estimate of drug-likeness (QED) is 0.240. The first-order valence-electron chi connectivity index (χ1n) is 11.9. The molecule has 0 saturated carbocycles. The van der Waals surface area contributed by atoms with Crippen LogP contribution in [0.1, 0.15) is 34.0 Å². The van der Waals surface area contributed by atoms with Crippen LogP contribution in [0.3, 0.4) is 0 Å². The molecule has 0 amide bonds. The largest absolute Gasteiger partial charge is 1.00 e. The minimum Gasteiger partial charge on any atom is -0.549 e. The fourth-order valence-electron chi connectivity index (χ4n) is 4.21. The van der Waals surface area contributed by atoms with Gasteiger partial charge in [-0.15, -0.1) is 0 Å². The van der Waals surface area contributed by atoms with Gasteiger partial charge >= 0.3 is 29.6 Å². The number of hydrogen-bond donors (Lipinski definition) is 0. The molecule has 0 aliphatic carbocycles. The number of aromatic nitrogens is 2. The smallest absolute Gasteiger partial charge is 0.549 e. The molecule has 8 nitrogen and oxygen atoms in total. The molecule has 1 unspecified atom stereocenters. The molecule has 10 heteroatoms. The molecule has 5 rings (SSSR count). The van der Waals surface area contributed by atoms with Crippen LogP contribution in [0, 0.1) is 0 Å². The molecule has 2 aromatic heterocycles. The minimum atomic E-state index is -1.17. The molecule has 1 aliphatic rings. The van der Waals surface area contributed by atoms with Crippen LogP contribution in [0.4, 0.5) is 0 Å². The molecule has 39 heavy (non-hydrogen) atoms. The van der Waals surface area contributed by atoms with Gasteiger partial charge in [0.2, 0.25) is 5.88 Å². The first-order valence-corrected chi connectivity index (χ1v) is 12.2. The zero-order valence-electron chi connectivity index (χ0n) is 21.3. The second-order valence-electron chi connectivity index (χ2n) is 8.66. The third kappa shape index (κ3) is 6.59. The van der Waals surface area contributed by atoms with Crippen molar-refractivity contribution in [2.75, 3.05) is 13.7 Å². The van der Waals surface area contributed by atoms with Crippen molar-refractivity contribution in [3.8, 4) is 34.4 Å². The Kier molecular flexibility index (Phi) is 9.24. The molecule has 0 fully saturated rings. The standard InChI is InChI=1S/C29H23ClN2O6.Na/c1-36-28-10-7-18(16-31-28)24-4-2-3-19(32-24)13-25(33)17-5-8-20(9-6-17)38-27-15-26-22(14-23(27)30)21(29(34)35)11-12-37-26;/h2-10,14-16,21H,11-13H2,1H3,(H,34,35);/q;+1/p-1. The zero-order chi connectivity index (χ0) is 26.6. The van der Waals surface area contributed by atoms with Crippen molar-refractivity contribution in [3.63, 3.8) is 0 Å². The van der Waals surface area contributed by atoms with E-state index in [4.69, 9.17) is 25.8 Å². The predicted octanol–water partition coefficient (Wildman–Crippen LogP) is 1.64. The van der Waals surface area contributed by atoms with Crippen molar-refractivity contribution in [2.45, 2.75) is 18.8 Å². The van der Waals surface area contributed by atoms with E-state index < -0.39 is 11.9 Å². The SMILES string of the molecule is COc1ccc(-c2cccc(CC(=O)c3ccc(Oc4cc5c(cc4Cl)C(C(=O)[O-])CCO5)cc3)n2)cn1.[Na+]. The number of carboxylic acid groups (broad SMARTS) is 1. The van der Waals surface area contributed by atoms with Crippen molar-refractivity contribution in [3.05, 3.63) is 94.8 Å². The summed E-state index contributed by atoms with van der Waals surface area (Å²) in [6.07, 6.45) is 2.12.